The number of hydrogen-bond acceptors (Lipinski definition) is 3. The number of nitrogens with one attached hydrogen (secondary N) is 2. The van der Waals surface area contributed by atoms with Gasteiger partial charge in [-0.2, -0.15) is 0 Å². The number of hydrogen-bond donors (Lipinski definition) is 3. The fourth-order valence-electron chi connectivity index (χ4n) is 1.72. The van der Waals surface area contributed by atoms with E-state index in [1.165, 1.54) is 0 Å². The van der Waals surface area contributed by atoms with Crippen LogP contribution in [-0.4, -0.2) is 14.8 Å². The van der Waals surface area contributed by atoms with Gasteiger partial charge in [0.05, 0.1) is 5.69 Å². The first-order valence-electron chi connectivity index (χ1n) is 4.96. The van der Waals surface area contributed by atoms with Gasteiger partial charge in [-0.3, -0.25) is 4.57 Å². The molecule has 0 unspecified atom stereocenters. The number of imidazole rings is 1. The number of H-pyrrole nitrogens is 1. The standard InChI is InChI=1S/C11H13N3O2/c1-8-6-12-11(15)14(8)10-5-3-2-4-9(10)7-13-16/h2-6,13,16H,7H2,1H3,(H,12,15). The molecule has 1 heterocycles. The Hall–Kier alpha value is -1.85. The molecule has 0 saturated carbocycles. The fraction of sp³-hybridized carbons (Fsp3) is 0.182. The summed E-state index contributed by atoms with van der Waals surface area (Å²) in [6.07, 6.45) is 1.66. The molecule has 0 radical (unpaired) electrons. The van der Waals surface area contributed by atoms with Crippen LogP contribution in [0, 0.1) is 6.92 Å². The number of nitrogens with zero attached hydrogens (tertiary/aromatic N) is 1. The lowest BCUT2D eigenvalue weighted by atomic mass is 10.1. The summed E-state index contributed by atoms with van der Waals surface area (Å²) in [6.45, 7) is 2.15. The highest BCUT2D eigenvalue weighted by Gasteiger charge is 2.08. The number of hydroxylamine groups is 1. The van der Waals surface area contributed by atoms with Crippen LogP contribution in [0.15, 0.2) is 35.3 Å². The molecule has 0 fully saturated rings. The van der Waals surface area contributed by atoms with Gasteiger partial charge >= 0.3 is 5.69 Å². The maximum absolute atomic E-state index is 11.6. The minimum atomic E-state index is -0.178. The number of aromatic nitrogens is 2. The number of para-hydroxylation sites is 1. The summed E-state index contributed by atoms with van der Waals surface area (Å²) in [6, 6.07) is 7.42. The first-order chi connectivity index (χ1) is 7.74. The zero-order valence-corrected chi connectivity index (χ0v) is 8.90. The van der Waals surface area contributed by atoms with Crippen LogP contribution in [-0.2, 0) is 6.54 Å². The smallest absolute Gasteiger partial charge is 0.316 e. The summed E-state index contributed by atoms with van der Waals surface area (Å²) in [4.78, 5) is 14.3. The largest absolute Gasteiger partial charge is 0.330 e. The lowest BCUT2D eigenvalue weighted by molar-refractivity contribution is 0.161. The zero-order chi connectivity index (χ0) is 11.5. The predicted octanol–water partition coefficient (Wildman–Crippen LogP) is 0.953. The molecular formula is C11H13N3O2. The van der Waals surface area contributed by atoms with Crippen LogP contribution in [0.1, 0.15) is 11.3 Å². The average Bonchev–Trinajstić information content (AvgIpc) is 2.60. The van der Waals surface area contributed by atoms with Crippen molar-refractivity contribution >= 4 is 0 Å². The van der Waals surface area contributed by atoms with Crippen LogP contribution in [0.25, 0.3) is 5.69 Å². The van der Waals surface area contributed by atoms with Gasteiger partial charge in [0.25, 0.3) is 0 Å². The Kier molecular flexibility index (Phi) is 2.89. The monoisotopic (exact) mass is 219 g/mol. The van der Waals surface area contributed by atoms with E-state index in [9.17, 15) is 4.79 Å². The SMILES string of the molecule is Cc1c[nH]c(=O)n1-c1ccccc1CNO. The predicted molar refractivity (Wildman–Crippen MR) is 59.8 cm³/mol. The van der Waals surface area contributed by atoms with Crippen molar-refractivity contribution < 1.29 is 5.21 Å². The Balaban J connectivity index is 2.60. The van der Waals surface area contributed by atoms with E-state index in [0.717, 1.165) is 16.9 Å². The highest BCUT2D eigenvalue weighted by Crippen LogP contribution is 2.13. The Bertz CT molecular complexity index is 542. The van der Waals surface area contributed by atoms with Gasteiger partial charge in [-0.1, -0.05) is 18.2 Å². The van der Waals surface area contributed by atoms with Crippen molar-refractivity contribution in [3.05, 3.63) is 52.2 Å². The van der Waals surface area contributed by atoms with Gasteiger partial charge in [0.2, 0.25) is 0 Å². The minimum Gasteiger partial charge on any atom is -0.316 e. The fourth-order valence-corrected chi connectivity index (χ4v) is 1.72. The second kappa shape index (κ2) is 4.34. The zero-order valence-electron chi connectivity index (χ0n) is 8.90. The van der Waals surface area contributed by atoms with Crippen molar-refractivity contribution in [3.63, 3.8) is 0 Å². The molecule has 0 aliphatic rings. The molecule has 1 aromatic carbocycles. The number of benzene rings is 1. The molecule has 16 heavy (non-hydrogen) atoms. The average molecular weight is 219 g/mol. The van der Waals surface area contributed by atoms with E-state index in [1.807, 2.05) is 31.2 Å². The van der Waals surface area contributed by atoms with Gasteiger partial charge in [0, 0.05) is 18.4 Å². The molecule has 5 heteroatoms. The van der Waals surface area contributed by atoms with E-state index in [-0.39, 0.29) is 5.69 Å². The van der Waals surface area contributed by atoms with Crippen LogP contribution in [0.3, 0.4) is 0 Å². The molecule has 0 aliphatic heterocycles. The molecule has 0 atom stereocenters. The van der Waals surface area contributed by atoms with E-state index in [2.05, 4.69) is 10.5 Å². The van der Waals surface area contributed by atoms with E-state index in [4.69, 9.17) is 5.21 Å². The Morgan fingerprint density at radius 2 is 2.19 bits per heavy atom. The summed E-state index contributed by atoms with van der Waals surface area (Å²) >= 11 is 0. The van der Waals surface area contributed by atoms with Crippen molar-refractivity contribution in [1.82, 2.24) is 15.0 Å². The van der Waals surface area contributed by atoms with Crippen molar-refractivity contribution in [2.24, 2.45) is 0 Å². The minimum absolute atomic E-state index is 0.178. The van der Waals surface area contributed by atoms with Gasteiger partial charge in [-0.25, -0.2) is 10.3 Å². The maximum atomic E-state index is 11.6. The van der Waals surface area contributed by atoms with E-state index in [0.29, 0.717) is 6.54 Å². The van der Waals surface area contributed by atoms with E-state index < -0.39 is 0 Å². The van der Waals surface area contributed by atoms with Gasteiger partial charge in [0.15, 0.2) is 0 Å². The molecular weight excluding hydrogens is 206 g/mol. The summed E-state index contributed by atoms with van der Waals surface area (Å²) in [5.74, 6) is 0. The lowest BCUT2D eigenvalue weighted by Crippen LogP contribution is -2.19. The summed E-state index contributed by atoms with van der Waals surface area (Å²) in [5.41, 5.74) is 4.38. The molecule has 0 aliphatic carbocycles. The van der Waals surface area contributed by atoms with Gasteiger partial charge in [0.1, 0.15) is 0 Å². The molecule has 0 spiro atoms. The van der Waals surface area contributed by atoms with Gasteiger partial charge < -0.3 is 10.2 Å². The third-order valence-corrected chi connectivity index (χ3v) is 2.46. The highest BCUT2D eigenvalue weighted by molar-refractivity contribution is 5.42. The summed E-state index contributed by atoms with van der Waals surface area (Å²) < 4.78 is 1.58. The van der Waals surface area contributed by atoms with Crippen molar-refractivity contribution in [3.8, 4) is 5.69 Å². The number of rotatable bonds is 3. The molecule has 0 saturated heterocycles. The molecule has 0 amide bonds. The number of aromatic amines is 1. The third kappa shape index (κ3) is 1.78. The highest BCUT2D eigenvalue weighted by atomic mass is 16.5. The summed E-state index contributed by atoms with van der Waals surface area (Å²) in [5, 5.41) is 8.74. The molecule has 2 aromatic rings. The maximum Gasteiger partial charge on any atom is 0.330 e. The van der Waals surface area contributed by atoms with Crippen LogP contribution in [0.5, 0.6) is 0 Å². The summed E-state index contributed by atoms with van der Waals surface area (Å²) in [7, 11) is 0. The quantitative estimate of drug-likeness (QED) is 0.673. The Labute approximate surface area is 92.3 Å². The van der Waals surface area contributed by atoms with Crippen molar-refractivity contribution in [1.29, 1.82) is 0 Å². The molecule has 2 rings (SSSR count). The Morgan fingerprint density at radius 3 is 2.81 bits per heavy atom. The van der Waals surface area contributed by atoms with Crippen molar-refractivity contribution in [2.75, 3.05) is 0 Å². The van der Waals surface area contributed by atoms with Gasteiger partial charge in [-0.05, 0) is 18.6 Å². The normalized spacial score (nSPS) is 10.6. The third-order valence-electron chi connectivity index (χ3n) is 2.46. The first kappa shape index (κ1) is 10.7. The topological polar surface area (TPSA) is 70.0 Å². The molecule has 5 nitrogen and oxygen atoms in total. The lowest BCUT2D eigenvalue weighted by Gasteiger charge is -2.09. The van der Waals surface area contributed by atoms with Crippen LogP contribution >= 0.6 is 0 Å². The Morgan fingerprint density at radius 1 is 1.44 bits per heavy atom. The molecule has 1 aromatic heterocycles. The van der Waals surface area contributed by atoms with E-state index >= 15 is 0 Å². The second-order valence-corrected chi connectivity index (χ2v) is 3.53. The van der Waals surface area contributed by atoms with Crippen molar-refractivity contribution in [2.45, 2.75) is 13.5 Å². The number of aryl methyl sites for hydroxylation is 1. The van der Waals surface area contributed by atoms with Crippen LogP contribution < -0.4 is 11.2 Å². The van der Waals surface area contributed by atoms with Gasteiger partial charge in [-0.15, -0.1) is 0 Å². The van der Waals surface area contributed by atoms with E-state index in [1.54, 1.807) is 10.8 Å². The molecule has 0 bridgehead atoms. The van der Waals surface area contributed by atoms with Crippen LogP contribution in [0.4, 0.5) is 0 Å². The first-order valence-corrected chi connectivity index (χ1v) is 4.96. The van der Waals surface area contributed by atoms with Crippen LogP contribution in [0.2, 0.25) is 0 Å². The molecule has 84 valence electrons. The second-order valence-electron chi connectivity index (χ2n) is 3.53. The molecule has 3 N–H and O–H groups in total.